The van der Waals surface area contributed by atoms with Crippen molar-refractivity contribution in [3.63, 3.8) is 0 Å². The van der Waals surface area contributed by atoms with Crippen LogP contribution in [-0.4, -0.2) is 4.92 Å². The van der Waals surface area contributed by atoms with E-state index in [1.807, 2.05) is 54.6 Å². The first kappa shape index (κ1) is 16.4. The molecule has 3 aromatic rings. The van der Waals surface area contributed by atoms with E-state index in [-0.39, 0.29) is 5.69 Å². The number of benzene rings is 3. The van der Waals surface area contributed by atoms with Crippen molar-refractivity contribution in [2.45, 2.75) is 6.61 Å². The Balaban J connectivity index is 1.96. The molecule has 0 aromatic heterocycles. The van der Waals surface area contributed by atoms with Crippen LogP contribution in [0, 0.1) is 10.1 Å². The Morgan fingerprint density at radius 3 is 2.62 bits per heavy atom. The average Bonchev–Trinajstić information content (AvgIpc) is 2.81. The zero-order chi connectivity index (χ0) is 18.1. The summed E-state index contributed by atoms with van der Waals surface area (Å²) in [6.07, 6.45) is 1.94. The van der Waals surface area contributed by atoms with Crippen LogP contribution in [0.4, 0.5) is 5.69 Å². The molecule has 0 N–H and O–H groups in total. The number of hydrogen-bond donors (Lipinski definition) is 0. The molecule has 4 rings (SSSR count). The lowest BCUT2D eigenvalue weighted by Crippen LogP contribution is -1.96. The van der Waals surface area contributed by atoms with E-state index >= 15 is 0 Å². The lowest BCUT2D eigenvalue weighted by molar-refractivity contribution is -0.384. The maximum Gasteiger partial charge on any atom is 0.270 e. The molecule has 0 atom stereocenters. The number of para-hydroxylation sites is 1. The van der Waals surface area contributed by atoms with Gasteiger partial charge in [-0.1, -0.05) is 54.1 Å². The second-order valence-electron chi connectivity index (χ2n) is 5.96. The van der Waals surface area contributed by atoms with Gasteiger partial charge in [-0.25, -0.2) is 0 Å². The standard InChI is InChI=1S/C21H14ClNO3/c22-20-9-4-8-16-18(12-14-5-3-6-15(11-14)23(24)25)17-7-1-2-10-21(17)26-13-19(16)20/h1-12H,13H2. The van der Waals surface area contributed by atoms with Crippen molar-refractivity contribution in [1.29, 1.82) is 0 Å². The maximum absolute atomic E-state index is 11.1. The van der Waals surface area contributed by atoms with E-state index in [0.29, 0.717) is 11.6 Å². The highest BCUT2D eigenvalue weighted by Gasteiger charge is 2.20. The molecule has 0 fully saturated rings. The van der Waals surface area contributed by atoms with Gasteiger partial charge in [-0.2, -0.15) is 0 Å². The van der Waals surface area contributed by atoms with Crippen molar-refractivity contribution >= 4 is 28.9 Å². The highest BCUT2D eigenvalue weighted by atomic mass is 35.5. The molecule has 3 aromatic carbocycles. The Bertz CT molecular complexity index is 1040. The van der Waals surface area contributed by atoms with Gasteiger partial charge in [-0.15, -0.1) is 0 Å². The molecule has 1 aliphatic heterocycles. The van der Waals surface area contributed by atoms with Crippen LogP contribution in [0.5, 0.6) is 5.75 Å². The molecular formula is C21H14ClNO3. The largest absolute Gasteiger partial charge is 0.488 e. The molecular weight excluding hydrogens is 350 g/mol. The van der Waals surface area contributed by atoms with Crippen molar-refractivity contribution in [2.75, 3.05) is 0 Å². The van der Waals surface area contributed by atoms with Gasteiger partial charge in [0.05, 0.1) is 4.92 Å². The number of rotatable bonds is 2. The van der Waals surface area contributed by atoms with Gasteiger partial charge >= 0.3 is 0 Å². The first-order valence-corrected chi connectivity index (χ1v) is 8.47. The van der Waals surface area contributed by atoms with E-state index in [1.165, 1.54) is 6.07 Å². The van der Waals surface area contributed by atoms with E-state index in [2.05, 4.69) is 0 Å². The van der Waals surface area contributed by atoms with Crippen molar-refractivity contribution < 1.29 is 9.66 Å². The van der Waals surface area contributed by atoms with Crippen molar-refractivity contribution in [3.05, 3.63) is 104 Å². The number of nitrogens with zero attached hydrogens (tertiary/aromatic N) is 1. The SMILES string of the molecule is O=[N+]([O-])c1cccc(C=C2c3ccccc3OCc3c(Cl)cccc32)c1. The fourth-order valence-electron chi connectivity index (χ4n) is 3.12. The van der Waals surface area contributed by atoms with E-state index in [1.54, 1.807) is 12.1 Å². The van der Waals surface area contributed by atoms with E-state index < -0.39 is 4.92 Å². The molecule has 0 saturated heterocycles. The van der Waals surface area contributed by atoms with Crippen LogP contribution in [0.25, 0.3) is 11.6 Å². The minimum Gasteiger partial charge on any atom is -0.488 e. The monoisotopic (exact) mass is 363 g/mol. The summed E-state index contributed by atoms with van der Waals surface area (Å²) in [6, 6.07) is 20.1. The fourth-order valence-corrected chi connectivity index (χ4v) is 3.35. The zero-order valence-corrected chi connectivity index (χ0v) is 14.4. The number of ether oxygens (including phenoxy) is 1. The Kier molecular flexibility index (Phi) is 4.19. The number of non-ortho nitro benzene ring substituents is 1. The summed E-state index contributed by atoms with van der Waals surface area (Å²) in [5.41, 5.74) is 4.53. The van der Waals surface area contributed by atoms with Crippen LogP contribution in [0.2, 0.25) is 5.02 Å². The third-order valence-corrected chi connectivity index (χ3v) is 4.70. The highest BCUT2D eigenvalue weighted by Crippen LogP contribution is 2.39. The maximum atomic E-state index is 11.1. The van der Waals surface area contributed by atoms with Gasteiger partial charge < -0.3 is 4.74 Å². The summed E-state index contributed by atoms with van der Waals surface area (Å²) in [5.74, 6) is 0.761. The summed E-state index contributed by atoms with van der Waals surface area (Å²) in [7, 11) is 0. The van der Waals surface area contributed by atoms with Crippen molar-refractivity contribution in [3.8, 4) is 5.75 Å². The van der Waals surface area contributed by atoms with Gasteiger partial charge in [0.1, 0.15) is 12.4 Å². The minimum absolute atomic E-state index is 0.0591. The molecule has 0 spiro atoms. The van der Waals surface area contributed by atoms with Gasteiger partial charge in [-0.3, -0.25) is 10.1 Å². The van der Waals surface area contributed by atoms with Crippen molar-refractivity contribution in [2.24, 2.45) is 0 Å². The van der Waals surface area contributed by atoms with Gasteiger partial charge in [0.15, 0.2) is 0 Å². The summed E-state index contributed by atoms with van der Waals surface area (Å²) in [6.45, 7) is 0.373. The molecule has 5 heteroatoms. The lowest BCUT2D eigenvalue weighted by atomic mass is 9.92. The van der Waals surface area contributed by atoms with Crippen LogP contribution < -0.4 is 4.74 Å². The predicted octanol–water partition coefficient (Wildman–Crippen LogP) is 5.73. The number of fused-ring (bicyclic) bond motifs is 2. The molecule has 26 heavy (non-hydrogen) atoms. The molecule has 0 bridgehead atoms. The van der Waals surface area contributed by atoms with Gasteiger partial charge in [0, 0.05) is 28.3 Å². The lowest BCUT2D eigenvalue weighted by Gasteiger charge is -2.11. The minimum atomic E-state index is -0.392. The van der Waals surface area contributed by atoms with Crippen LogP contribution in [0.1, 0.15) is 22.3 Å². The Morgan fingerprint density at radius 2 is 1.77 bits per heavy atom. The summed E-state index contributed by atoms with van der Waals surface area (Å²) in [5, 5.41) is 11.7. The molecule has 0 amide bonds. The number of halogens is 1. The highest BCUT2D eigenvalue weighted by molar-refractivity contribution is 6.31. The summed E-state index contributed by atoms with van der Waals surface area (Å²) in [4.78, 5) is 10.7. The Morgan fingerprint density at radius 1 is 1.00 bits per heavy atom. The molecule has 4 nitrogen and oxygen atoms in total. The number of nitro benzene ring substituents is 1. The van der Waals surface area contributed by atoms with Gasteiger partial charge in [0.2, 0.25) is 0 Å². The Hall–Kier alpha value is -3.11. The second-order valence-corrected chi connectivity index (χ2v) is 6.37. The van der Waals surface area contributed by atoms with E-state index in [9.17, 15) is 10.1 Å². The zero-order valence-electron chi connectivity index (χ0n) is 13.7. The first-order valence-electron chi connectivity index (χ1n) is 8.09. The third-order valence-electron chi connectivity index (χ3n) is 4.35. The van der Waals surface area contributed by atoms with E-state index in [0.717, 1.165) is 33.6 Å². The van der Waals surface area contributed by atoms with Gasteiger partial charge in [-0.05, 0) is 34.9 Å². The number of hydrogen-bond acceptors (Lipinski definition) is 3. The summed E-state index contributed by atoms with van der Waals surface area (Å²) < 4.78 is 5.95. The molecule has 0 saturated carbocycles. The first-order chi connectivity index (χ1) is 12.6. The molecule has 0 radical (unpaired) electrons. The average molecular weight is 364 g/mol. The number of nitro groups is 1. The molecule has 0 unspecified atom stereocenters. The Labute approximate surface area is 155 Å². The van der Waals surface area contributed by atoms with Crippen LogP contribution in [-0.2, 0) is 6.61 Å². The van der Waals surface area contributed by atoms with Crippen LogP contribution in [0.15, 0.2) is 66.7 Å². The van der Waals surface area contributed by atoms with Gasteiger partial charge in [0.25, 0.3) is 5.69 Å². The summed E-state index contributed by atoms with van der Waals surface area (Å²) >= 11 is 6.40. The quantitative estimate of drug-likeness (QED) is 0.431. The second kappa shape index (κ2) is 6.65. The van der Waals surface area contributed by atoms with Crippen LogP contribution in [0.3, 0.4) is 0 Å². The molecule has 128 valence electrons. The molecule has 1 aliphatic rings. The normalized spacial score (nSPS) is 14.1. The topological polar surface area (TPSA) is 52.4 Å². The third kappa shape index (κ3) is 2.95. The van der Waals surface area contributed by atoms with Crippen LogP contribution >= 0.6 is 11.6 Å². The molecule has 1 heterocycles. The van der Waals surface area contributed by atoms with E-state index in [4.69, 9.17) is 16.3 Å². The smallest absolute Gasteiger partial charge is 0.270 e. The molecule has 0 aliphatic carbocycles. The predicted molar refractivity (Wildman–Crippen MR) is 102 cm³/mol. The van der Waals surface area contributed by atoms with Crippen molar-refractivity contribution in [1.82, 2.24) is 0 Å². The fraction of sp³-hybridized carbons (Fsp3) is 0.0476.